The van der Waals surface area contributed by atoms with Gasteiger partial charge < -0.3 is 21.6 Å². The van der Waals surface area contributed by atoms with Crippen molar-refractivity contribution < 1.29 is 13.5 Å². The van der Waals surface area contributed by atoms with Crippen molar-refractivity contribution in [1.82, 2.24) is 20.1 Å². The number of ether oxygens (including phenoxy) is 1. The van der Waals surface area contributed by atoms with Crippen molar-refractivity contribution in [2.24, 2.45) is 22.7 Å². The molecule has 1 aromatic carbocycles. The van der Waals surface area contributed by atoms with Gasteiger partial charge in [-0.2, -0.15) is 14.6 Å². The lowest BCUT2D eigenvalue weighted by Gasteiger charge is -2.22. The lowest BCUT2D eigenvalue weighted by molar-refractivity contribution is 0.289. The van der Waals surface area contributed by atoms with Crippen LogP contribution in [0.15, 0.2) is 41.9 Å². The van der Waals surface area contributed by atoms with Gasteiger partial charge in [0.15, 0.2) is 17.4 Å². The highest BCUT2D eigenvalue weighted by atomic mass is 19.2. The van der Waals surface area contributed by atoms with E-state index in [4.69, 9.17) is 22.2 Å². The number of anilines is 2. The van der Waals surface area contributed by atoms with E-state index in [0.29, 0.717) is 24.4 Å². The number of hydrazone groups is 1. The number of aromatic nitrogens is 3. The second kappa shape index (κ2) is 11.6. The number of pyridine rings is 1. The molecule has 188 valence electrons. The summed E-state index contributed by atoms with van der Waals surface area (Å²) < 4.78 is 36.7. The number of halogens is 2. The maximum Gasteiger partial charge on any atom is 0.202 e. The van der Waals surface area contributed by atoms with Gasteiger partial charge >= 0.3 is 0 Å². The first-order chi connectivity index (χ1) is 16.8. The maximum absolute atomic E-state index is 14.9. The summed E-state index contributed by atoms with van der Waals surface area (Å²) in [6.45, 7) is 5.84. The molecule has 2 aromatic heterocycles. The monoisotopic (exact) mass is 487 g/mol. The van der Waals surface area contributed by atoms with Crippen LogP contribution in [-0.4, -0.2) is 40.8 Å². The number of nitrogens with one attached hydrogen (secondary N) is 1. The summed E-state index contributed by atoms with van der Waals surface area (Å²) >= 11 is 0. The van der Waals surface area contributed by atoms with Gasteiger partial charge in [-0.15, -0.1) is 0 Å². The number of nitrogens with two attached hydrogens (primary N) is 3. The molecule has 3 rings (SSSR count). The van der Waals surface area contributed by atoms with Crippen molar-refractivity contribution in [2.75, 3.05) is 30.9 Å². The second-order valence-electron chi connectivity index (χ2n) is 8.34. The number of nitrogens with zero attached hydrogens (tertiary/aromatic N) is 5. The minimum absolute atomic E-state index is 0.0633. The molecule has 10 nitrogen and oxygen atoms in total. The van der Waals surface area contributed by atoms with Crippen molar-refractivity contribution >= 4 is 17.3 Å². The smallest absolute Gasteiger partial charge is 0.202 e. The molecule has 12 heteroatoms. The van der Waals surface area contributed by atoms with Crippen molar-refractivity contribution in [3.8, 4) is 16.9 Å². The SMILES string of the molecule is CNCCCOc1ccc(N(N)/C(=N\N)c2cc(-c3cnn(CC(C)C)c3)cnc2N)c(F)c1F. The molecule has 0 spiro atoms. The van der Waals surface area contributed by atoms with Crippen LogP contribution in [0.5, 0.6) is 5.75 Å². The molecule has 0 radical (unpaired) electrons. The van der Waals surface area contributed by atoms with Gasteiger partial charge in [-0.05, 0) is 44.1 Å². The van der Waals surface area contributed by atoms with Crippen LogP contribution in [0.25, 0.3) is 11.1 Å². The summed E-state index contributed by atoms with van der Waals surface area (Å²) in [6, 6.07) is 4.24. The molecule has 3 aromatic rings. The average Bonchev–Trinajstić information content (AvgIpc) is 3.28. The number of hydrogen-bond donors (Lipinski definition) is 4. The molecular weight excluding hydrogens is 456 g/mol. The molecule has 0 aliphatic rings. The largest absolute Gasteiger partial charge is 0.490 e. The molecule has 0 amide bonds. The molecule has 0 fully saturated rings. The summed E-state index contributed by atoms with van der Waals surface area (Å²) in [5.74, 6) is 9.50. The fourth-order valence-electron chi connectivity index (χ4n) is 3.42. The fourth-order valence-corrected chi connectivity index (χ4v) is 3.42. The minimum atomic E-state index is -1.21. The molecule has 0 atom stereocenters. The van der Waals surface area contributed by atoms with Gasteiger partial charge in [-0.3, -0.25) is 9.69 Å². The Labute approximate surface area is 202 Å². The lowest BCUT2D eigenvalue weighted by Crippen LogP contribution is -2.40. The number of amidine groups is 1. The van der Waals surface area contributed by atoms with E-state index < -0.39 is 11.6 Å². The van der Waals surface area contributed by atoms with Crippen LogP contribution in [0.3, 0.4) is 0 Å². The van der Waals surface area contributed by atoms with Crippen LogP contribution >= 0.6 is 0 Å². The Morgan fingerprint density at radius 1 is 1.23 bits per heavy atom. The number of nitrogen functional groups attached to an aromatic ring is 1. The Hall–Kier alpha value is -3.77. The van der Waals surface area contributed by atoms with E-state index >= 15 is 0 Å². The number of hydrogen-bond acceptors (Lipinski definition) is 8. The Bertz CT molecular complexity index is 1180. The highest BCUT2D eigenvalue weighted by Crippen LogP contribution is 2.30. The third kappa shape index (κ3) is 6.03. The van der Waals surface area contributed by atoms with Gasteiger partial charge in [-0.1, -0.05) is 13.8 Å². The van der Waals surface area contributed by atoms with E-state index in [-0.39, 0.29) is 35.3 Å². The molecule has 7 N–H and O–H groups in total. The van der Waals surface area contributed by atoms with E-state index in [1.807, 2.05) is 10.9 Å². The third-order valence-corrected chi connectivity index (χ3v) is 5.14. The molecule has 0 bridgehead atoms. The van der Waals surface area contributed by atoms with Gasteiger partial charge in [0, 0.05) is 30.1 Å². The van der Waals surface area contributed by atoms with Gasteiger partial charge in [0.25, 0.3) is 0 Å². The van der Waals surface area contributed by atoms with E-state index in [1.54, 1.807) is 25.5 Å². The van der Waals surface area contributed by atoms with Crippen molar-refractivity contribution in [2.45, 2.75) is 26.8 Å². The summed E-state index contributed by atoms with van der Waals surface area (Å²) in [5, 5.41) is 11.8. The van der Waals surface area contributed by atoms with E-state index in [2.05, 4.69) is 34.3 Å². The van der Waals surface area contributed by atoms with E-state index in [0.717, 1.165) is 17.1 Å². The number of rotatable bonds is 10. The summed E-state index contributed by atoms with van der Waals surface area (Å²) in [4.78, 5) is 4.20. The summed E-state index contributed by atoms with van der Waals surface area (Å²) in [6.07, 6.45) is 5.78. The lowest BCUT2D eigenvalue weighted by atomic mass is 10.1. The first-order valence-corrected chi connectivity index (χ1v) is 11.1. The molecule has 35 heavy (non-hydrogen) atoms. The van der Waals surface area contributed by atoms with Gasteiger partial charge in [0.2, 0.25) is 5.82 Å². The average molecular weight is 488 g/mol. The predicted molar refractivity (Wildman–Crippen MR) is 132 cm³/mol. The zero-order chi connectivity index (χ0) is 25.5. The zero-order valence-corrected chi connectivity index (χ0v) is 20.0. The fraction of sp³-hybridized carbons (Fsp3) is 0.348. The van der Waals surface area contributed by atoms with Crippen LogP contribution in [-0.2, 0) is 6.54 Å². The van der Waals surface area contributed by atoms with Gasteiger partial charge in [-0.25, -0.2) is 15.2 Å². The number of hydrazine groups is 1. The topological polar surface area (TPSA) is 146 Å². The van der Waals surface area contributed by atoms with Crippen LogP contribution < -0.4 is 32.5 Å². The molecule has 0 unspecified atom stereocenters. The van der Waals surface area contributed by atoms with Crippen molar-refractivity contribution in [3.63, 3.8) is 0 Å². The Balaban J connectivity index is 1.89. The Morgan fingerprint density at radius 3 is 2.69 bits per heavy atom. The Morgan fingerprint density at radius 2 is 2.00 bits per heavy atom. The third-order valence-electron chi connectivity index (χ3n) is 5.14. The summed E-state index contributed by atoms with van der Waals surface area (Å²) in [5.41, 5.74) is 7.47. The molecule has 0 saturated carbocycles. The molecule has 2 heterocycles. The molecular formula is C23H31F2N9O. The zero-order valence-electron chi connectivity index (χ0n) is 20.0. The number of benzene rings is 1. The van der Waals surface area contributed by atoms with E-state index in [1.165, 1.54) is 12.1 Å². The molecule has 0 saturated heterocycles. The highest BCUT2D eigenvalue weighted by molar-refractivity contribution is 6.12. The van der Waals surface area contributed by atoms with Crippen molar-refractivity contribution in [1.29, 1.82) is 0 Å². The van der Waals surface area contributed by atoms with Crippen LogP contribution in [0.4, 0.5) is 20.3 Å². The van der Waals surface area contributed by atoms with Crippen LogP contribution in [0, 0.1) is 17.6 Å². The van der Waals surface area contributed by atoms with Gasteiger partial charge in [0.05, 0.1) is 24.1 Å². The Kier molecular flexibility index (Phi) is 8.55. The quantitative estimate of drug-likeness (QED) is 0.112. The predicted octanol–water partition coefficient (Wildman–Crippen LogP) is 2.45. The van der Waals surface area contributed by atoms with Crippen molar-refractivity contribution in [3.05, 3.63) is 54.0 Å². The first kappa shape index (κ1) is 25.8. The first-order valence-electron chi connectivity index (χ1n) is 11.1. The van der Waals surface area contributed by atoms with Crippen LogP contribution in [0.1, 0.15) is 25.8 Å². The summed E-state index contributed by atoms with van der Waals surface area (Å²) in [7, 11) is 1.79. The highest BCUT2D eigenvalue weighted by Gasteiger charge is 2.23. The second-order valence-corrected chi connectivity index (χ2v) is 8.34. The normalized spacial score (nSPS) is 11.8. The van der Waals surface area contributed by atoms with Crippen LogP contribution in [0.2, 0.25) is 0 Å². The van der Waals surface area contributed by atoms with E-state index in [9.17, 15) is 8.78 Å². The standard InChI is InChI=1S/C23H31F2N9O/c1-14(2)12-33-13-16(11-31-33)15-9-17(22(26)30-10-15)23(32-27)34(28)18-5-6-19(21(25)20(18)24)35-8-4-7-29-3/h5-6,9-11,13-14,29H,4,7-8,12,27-28H2,1-3H3,(H2,26,30)/b32-23-. The molecule has 0 aliphatic carbocycles. The minimum Gasteiger partial charge on any atom is -0.490 e. The maximum atomic E-state index is 14.9. The molecule has 0 aliphatic heterocycles. The van der Waals surface area contributed by atoms with Gasteiger partial charge in [0.1, 0.15) is 5.82 Å².